The van der Waals surface area contributed by atoms with E-state index in [2.05, 4.69) is 28.6 Å². The Labute approximate surface area is 96.0 Å². The van der Waals surface area contributed by atoms with Crippen molar-refractivity contribution in [2.24, 2.45) is 0 Å². The van der Waals surface area contributed by atoms with Crippen LogP contribution in [0.5, 0.6) is 0 Å². The highest BCUT2D eigenvalue weighted by atomic mass is 32.2. The molecule has 0 atom stereocenters. The van der Waals surface area contributed by atoms with Crippen LogP contribution < -0.4 is 0 Å². The van der Waals surface area contributed by atoms with Crippen molar-refractivity contribution in [2.75, 3.05) is 0 Å². The van der Waals surface area contributed by atoms with Gasteiger partial charge in [-0.2, -0.15) is 0 Å². The van der Waals surface area contributed by atoms with Crippen LogP contribution in [0.3, 0.4) is 0 Å². The van der Waals surface area contributed by atoms with Gasteiger partial charge in [-0.3, -0.25) is 0 Å². The fraction of sp³-hybridized carbons (Fsp3) is 0.538. The van der Waals surface area contributed by atoms with Crippen LogP contribution in [0.2, 0.25) is 0 Å². The highest BCUT2D eigenvalue weighted by Gasteiger charge is 2.27. The SMILES string of the molecule is c1ccc2c(c1)CN(C1CCCCC1)S2. The van der Waals surface area contributed by atoms with Gasteiger partial charge in [0.1, 0.15) is 0 Å². The molecule has 0 saturated heterocycles. The summed E-state index contributed by atoms with van der Waals surface area (Å²) in [5.41, 5.74) is 1.52. The van der Waals surface area contributed by atoms with Crippen molar-refractivity contribution in [3.8, 4) is 0 Å². The molecular weight excluding hydrogens is 202 g/mol. The molecule has 0 amide bonds. The molecule has 0 unspecified atom stereocenters. The molecule has 1 aliphatic heterocycles. The van der Waals surface area contributed by atoms with E-state index < -0.39 is 0 Å². The second-order valence-corrected chi connectivity index (χ2v) is 5.66. The van der Waals surface area contributed by atoms with Gasteiger partial charge in [0, 0.05) is 17.5 Å². The molecule has 1 aromatic rings. The standard InChI is InChI=1S/C13H17NS/c1-2-7-12(8-3-1)14-10-11-6-4-5-9-13(11)15-14/h4-6,9,12H,1-3,7-8,10H2. The van der Waals surface area contributed by atoms with E-state index in [1.807, 2.05) is 11.9 Å². The molecule has 1 fully saturated rings. The lowest BCUT2D eigenvalue weighted by Crippen LogP contribution is -2.28. The Morgan fingerprint density at radius 2 is 1.87 bits per heavy atom. The molecule has 0 bridgehead atoms. The molecule has 1 heterocycles. The quantitative estimate of drug-likeness (QED) is 0.660. The molecule has 0 N–H and O–H groups in total. The fourth-order valence-corrected chi connectivity index (χ4v) is 3.83. The van der Waals surface area contributed by atoms with Crippen LogP contribution >= 0.6 is 11.9 Å². The van der Waals surface area contributed by atoms with Crippen molar-refractivity contribution in [1.82, 2.24) is 4.31 Å². The minimum atomic E-state index is 0.830. The summed E-state index contributed by atoms with van der Waals surface area (Å²) in [4.78, 5) is 1.48. The fourth-order valence-electron chi connectivity index (χ4n) is 2.62. The lowest BCUT2D eigenvalue weighted by molar-refractivity contribution is 0.272. The molecular formula is C13H17NS. The van der Waals surface area contributed by atoms with Crippen molar-refractivity contribution < 1.29 is 0 Å². The molecule has 80 valence electrons. The van der Waals surface area contributed by atoms with Gasteiger partial charge < -0.3 is 0 Å². The number of fused-ring (bicyclic) bond motifs is 1. The Hall–Kier alpha value is -0.470. The molecule has 3 rings (SSSR count). The van der Waals surface area contributed by atoms with Crippen LogP contribution in [0, 0.1) is 0 Å². The van der Waals surface area contributed by atoms with Crippen LogP contribution in [0.4, 0.5) is 0 Å². The van der Waals surface area contributed by atoms with Crippen molar-refractivity contribution in [3.63, 3.8) is 0 Å². The lowest BCUT2D eigenvalue weighted by Gasteiger charge is -2.29. The lowest BCUT2D eigenvalue weighted by atomic mass is 9.95. The summed E-state index contributed by atoms with van der Waals surface area (Å²) in [5, 5.41) is 0. The van der Waals surface area contributed by atoms with E-state index in [-0.39, 0.29) is 0 Å². The first-order chi connectivity index (χ1) is 7.43. The molecule has 15 heavy (non-hydrogen) atoms. The van der Waals surface area contributed by atoms with Gasteiger partial charge in [-0.05, 0) is 36.4 Å². The van der Waals surface area contributed by atoms with Gasteiger partial charge in [-0.25, -0.2) is 4.31 Å². The smallest absolute Gasteiger partial charge is 0.0358 e. The number of nitrogens with zero attached hydrogens (tertiary/aromatic N) is 1. The summed E-state index contributed by atoms with van der Waals surface area (Å²) in [6.07, 6.45) is 7.11. The first-order valence-corrected chi connectivity index (χ1v) is 6.73. The number of hydrogen-bond donors (Lipinski definition) is 0. The molecule has 1 saturated carbocycles. The molecule has 1 aliphatic carbocycles. The van der Waals surface area contributed by atoms with E-state index in [1.165, 1.54) is 42.6 Å². The maximum atomic E-state index is 2.60. The van der Waals surface area contributed by atoms with E-state index >= 15 is 0 Å². The first-order valence-electron chi connectivity index (χ1n) is 5.96. The number of benzene rings is 1. The summed E-state index contributed by atoms with van der Waals surface area (Å²) in [7, 11) is 0. The average Bonchev–Trinajstić information content (AvgIpc) is 2.74. The van der Waals surface area contributed by atoms with Crippen molar-refractivity contribution in [2.45, 2.75) is 49.6 Å². The molecule has 1 aromatic carbocycles. The number of hydrogen-bond acceptors (Lipinski definition) is 2. The van der Waals surface area contributed by atoms with Gasteiger partial charge in [0.15, 0.2) is 0 Å². The Morgan fingerprint density at radius 1 is 1.07 bits per heavy atom. The molecule has 0 spiro atoms. The topological polar surface area (TPSA) is 3.24 Å². The van der Waals surface area contributed by atoms with Crippen LogP contribution in [-0.4, -0.2) is 10.3 Å². The van der Waals surface area contributed by atoms with Gasteiger partial charge >= 0.3 is 0 Å². The highest BCUT2D eigenvalue weighted by Crippen LogP contribution is 2.40. The van der Waals surface area contributed by atoms with Crippen LogP contribution in [0.25, 0.3) is 0 Å². The summed E-state index contributed by atoms with van der Waals surface area (Å²) >= 11 is 1.98. The second-order valence-electron chi connectivity index (χ2n) is 4.57. The number of rotatable bonds is 1. The normalized spacial score (nSPS) is 22.9. The third kappa shape index (κ3) is 1.93. The zero-order chi connectivity index (χ0) is 10.1. The Morgan fingerprint density at radius 3 is 2.67 bits per heavy atom. The average molecular weight is 219 g/mol. The minimum Gasteiger partial charge on any atom is -0.239 e. The summed E-state index contributed by atoms with van der Waals surface area (Å²) in [5.74, 6) is 0. The van der Waals surface area contributed by atoms with Crippen molar-refractivity contribution in [3.05, 3.63) is 29.8 Å². The predicted octanol–water partition coefficient (Wildman–Crippen LogP) is 3.84. The molecule has 0 aromatic heterocycles. The Bertz CT molecular complexity index is 319. The Balaban J connectivity index is 1.72. The van der Waals surface area contributed by atoms with Crippen LogP contribution in [-0.2, 0) is 6.54 Å². The minimum absolute atomic E-state index is 0.830. The van der Waals surface area contributed by atoms with E-state index in [4.69, 9.17) is 0 Å². The third-order valence-corrected chi connectivity index (χ3v) is 4.75. The zero-order valence-electron chi connectivity index (χ0n) is 8.98. The summed E-state index contributed by atoms with van der Waals surface area (Å²) in [6.45, 7) is 1.16. The van der Waals surface area contributed by atoms with Gasteiger partial charge in [-0.15, -0.1) is 0 Å². The monoisotopic (exact) mass is 219 g/mol. The summed E-state index contributed by atoms with van der Waals surface area (Å²) in [6, 6.07) is 9.66. The van der Waals surface area contributed by atoms with E-state index in [0.29, 0.717) is 0 Å². The first kappa shape index (κ1) is 9.73. The van der Waals surface area contributed by atoms with Crippen LogP contribution in [0.1, 0.15) is 37.7 Å². The van der Waals surface area contributed by atoms with Crippen molar-refractivity contribution >= 4 is 11.9 Å². The Kier molecular flexibility index (Phi) is 2.72. The second kappa shape index (κ2) is 4.18. The van der Waals surface area contributed by atoms with E-state index in [0.717, 1.165) is 12.6 Å². The summed E-state index contributed by atoms with van der Waals surface area (Å²) < 4.78 is 2.60. The predicted molar refractivity (Wildman–Crippen MR) is 64.7 cm³/mol. The van der Waals surface area contributed by atoms with Gasteiger partial charge in [0.25, 0.3) is 0 Å². The van der Waals surface area contributed by atoms with Gasteiger partial charge in [0.05, 0.1) is 0 Å². The van der Waals surface area contributed by atoms with Crippen molar-refractivity contribution in [1.29, 1.82) is 0 Å². The highest BCUT2D eigenvalue weighted by molar-refractivity contribution is 7.97. The molecule has 2 heteroatoms. The maximum Gasteiger partial charge on any atom is 0.0358 e. The molecule has 0 radical (unpaired) electrons. The zero-order valence-corrected chi connectivity index (χ0v) is 9.80. The third-order valence-electron chi connectivity index (χ3n) is 3.50. The van der Waals surface area contributed by atoms with E-state index in [1.54, 1.807) is 0 Å². The van der Waals surface area contributed by atoms with Gasteiger partial charge in [-0.1, -0.05) is 37.5 Å². The largest absolute Gasteiger partial charge is 0.239 e. The van der Waals surface area contributed by atoms with E-state index in [9.17, 15) is 0 Å². The van der Waals surface area contributed by atoms with Gasteiger partial charge in [0.2, 0.25) is 0 Å². The van der Waals surface area contributed by atoms with Crippen LogP contribution in [0.15, 0.2) is 29.2 Å². The maximum absolute atomic E-state index is 2.60. The molecule has 1 nitrogen and oxygen atoms in total. The molecule has 2 aliphatic rings.